The van der Waals surface area contributed by atoms with E-state index in [0.29, 0.717) is 0 Å². The minimum Gasteiger partial charge on any atom is -0.508 e. The standard InChI is InChI=1S/C21H30N2O4/c24-18-8-4-5-15(13-18)14-23-11-9-17(10-12-23)22-20(25)19(21(26)27)16-6-2-1-3-7-16/h4-5,8,13,16-17,19,24H,1-3,6-7,9-12,14H2,(H,22,25)(H,26,27)/t19-/m0/s1. The molecule has 0 spiro atoms. The molecule has 1 amide bonds. The monoisotopic (exact) mass is 374 g/mol. The van der Waals surface area contributed by atoms with E-state index in [1.165, 1.54) is 0 Å². The number of carboxylic acids is 1. The number of likely N-dealkylation sites (tertiary alicyclic amines) is 1. The van der Waals surface area contributed by atoms with Gasteiger partial charge in [-0.3, -0.25) is 14.5 Å². The van der Waals surface area contributed by atoms with Crippen LogP contribution in [0.4, 0.5) is 0 Å². The number of aromatic hydroxyl groups is 1. The molecule has 0 unspecified atom stereocenters. The van der Waals surface area contributed by atoms with Crippen molar-refractivity contribution < 1.29 is 19.8 Å². The number of nitrogens with zero attached hydrogens (tertiary/aromatic N) is 1. The van der Waals surface area contributed by atoms with Crippen molar-refractivity contribution in [1.29, 1.82) is 0 Å². The number of aliphatic carboxylic acids is 1. The summed E-state index contributed by atoms with van der Waals surface area (Å²) in [6.45, 7) is 2.47. The maximum Gasteiger partial charge on any atom is 0.316 e. The first-order valence-electron chi connectivity index (χ1n) is 10.1. The summed E-state index contributed by atoms with van der Waals surface area (Å²) in [6, 6.07) is 7.32. The van der Waals surface area contributed by atoms with E-state index in [9.17, 15) is 19.8 Å². The highest BCUT2D eigenvalue weighted by Gasteiger charge is 2.36. The van der Waals surface area contributed by atoms with E-state index in [1.807, 2.05) is 12.1 Å². The minimum atomic E-state index is -0.985. The maximum absolute atomic E-state index is 12.6. The van der Waals surface area contributed by atoms with Crippen molar-refractivity contribution in [2.24, 2.45) is 11.8 Å². The number of nitrogens with one attached hydrogen (secondary N) is 1. The third-order valence-electron chi connectivity index (χ3n) is 5.92. The second-order valence-electron chi connectivity index (χ2n) is 7.94. The van der Waals surface area contributed by atoms with Gasteiger partial charge in [-0.25, -0.2) is 0 Å². The molecule has 1 aliphatic heterocycles. The molecule has 1 atom stereocenters. The van der Waals surface area contributed by atoms with Crippen LogP contribution >= 0.6 is 0 Å². The third-order valence-corrected chi connectivity index (χ3v) is 5.92. The maximum atomic E-state index is 12.6. The number of carbonyl (C=O) groups is 2. The Labute approximate surface area is 160 Å². The first-order chi connectivity index (χ1) is 13.0. The highest BCUT2D eigenvalue weighted by atomic mass is 16.4. The lowest BCUT2D eigenvalue weighted by atomic mass is 9.79. The lowest BCUT2D eigenvalue weighted by molar-refractivity contribution is -0.150. The van der Waals surface area contributed by atoms with Crippen LogP contribution < -0.4 is 5.32 Å². The fourth-order valence-corrected chi connectivity index (χ4v) is 4.43. The number of benzene rings is 1. The summed E-state index contributed by atoms with van der Waals surface area (Å²) in [5, 5.41) is 22.1. The molecule has 1 saturated heterocycles. The molecule has 2 aliphatic rings. The van der Waals surface area contributed by atoms with Gasteiger partial charge in [-0.15, -0.1) is 0 Å². The Morgan fingerprint density at radius 3 is 2.44 bits per heavy atom. The third kappa shape index (κ3) is 5.45. The lowest BCUT2D eigenvalue weighted by Gasteiger charge is -2.34. The number of phenolic OH excluding ortho intramolecular Hbond substituents is 1. The molecule has 1 saturated carbocycles. The van der Waals surface area contributed by atoms with Crippen molar-refractivity contribution >= 4 is 11.9 Å². The molecule has 0 radical (unpaired) electrons. The van der Waals surface area contributed by atoms with Gasteiger partial charge < -0.3 is 15.5 Å². The fourth-order valence-electron chi connectivity index (χ4n) is 4.43. The van der Waals surface area contributed by atoms with E-state index in [4.69, 9.17) is 0 Å². The van der Waals surface area contributed by atoms with Crippen LogP contribution in [0.25, 0.3) is 0 Å². The molecular weight excluding hydrogens is 344 g/mol. The Morgan fingerprint density at radius 1 is 1.11 bits per heavy atom. The summed E-state index contributed by atoms with van der Waals surface area (Å²) < 4.78 is 0. The summed E-state index contributed by atoms with van der Waals surface area (Å²) in [4.78, 5) is 26.6. The first kappa shape index (κ1) is 19.7. The Kier molecular flexibility index (Phi) is 6.72. The van der Waals surface area contributed by atoms with Crippen molar-refractivity contribution in [1.82, 2.24) is 10.2 Å². The molecule has 148 valence electrons. The highest BCUT2D eigenvalue weighted by Crippen LogP contribution is 2.30. The summed E-state index contributed by atoms with van der Waals surface area (Å²) in [7, 11) is 0. The van der Waals surface area contributed by atoms with Gasteiger partial charge in [0.2, 0.25) is 5.91 Å². The molecule has 1 heterocycles. The number of rotatable bonds is 6. The van der Waals surface area contributed by atoms with Crippen LogP contribution in [0, 0.1) is 11.8 Å². The van der Waals surface area contributed by atoms with Crippen LogP contribution in [0.3, 0.4) is 0 Å². The average molecular weight is 374 g/mol. The van der Waals surface area contributed by atoms with Crippen molar-refractivity contribution in [3.05, 3.63) is 29.8 Å². The van der Waals surface area contributed by atoms with Gasteiger partial charge in [-0.2, -0.15) is 0 Å². The van der Waals surface area contributed by atoms with E-state index >= 15 is 0 Å². The van der Waals surface area contributed by atoms with Crippen molar-refractivity contribution in [2.75, 3.05) is 13.1 Å². The van der Waals surface area contributed by atoms with Crippen LogP contribution in [0.15, 0.2) is 24.3 Å². The smallest absolute Gasteiger partial charge is 0.316 e. The van der Waals surface area contributed by atoms with E-state index in [-0.39, 0.29) is 23.6 Å². The molecule has 1 aromatic rings. The summed E-state index contributed by atoms with van der Waals surface area (Å²) in [5.74, 6) is -1.95. The summed E-state index contributed by atoms with van der Waals surface area (Å²) in [6.07, 6.45) is 6.51. The van der Waals surface area contributed by atoms with E-state index in [1.54, 1.807) is 12.1 Å². The minimum absolute atomic E-state index is 0.0258. The zero-order chi connectivity index (χ0) is 19.2. The molecule has 6 nitrogen and oxygen atoms in total. The Hall–Kier alpha value is -2.08. The van der Waals surface area contributed by atoms with Gasteiger partial charge in [0.15, 0.2) is 0 Å². The number of carbonyl (C=O) groups excluding carboxylic acids is 1. The topological polar surface area (TPSA) is 89.9 Å². The highest BCUT2D eigenvalue weighted by molar-refractivity contribution is 5.97. The number of piperidine rings is 1. The van der Waals surface area contributed by atoms with Crippen molar-refractivity contribution in [3.63, 3.8) is 0 Å². The SMILES string of the molecule is O=C(O)[C@H](C(=O)NC1CCN(Cc2cccc(O)c2)CC1)C1CCCCC1. The first-order valence-corrected chi connectivity index (χ1v) is 10.1. The van der Waals surface area contributed by atoms with Crippen molar-refractivity contribution in [3.8, 4) is 5.75 Å². The van der Waals surface area contributed by atoms with Crippen LogP contribution in [-0.2, 0) is 16.1 Å². The quantitative estimate of drug-likeness (QED) is 0.666. The van der Waals surface area contributed by atoms with Crippen LogP contribution in [0.1, 0.15) is 50.5 Å². The fraction of sp³-hybridized carbons (Fsp3) is 0.619. The van der Waals surface area contributed by atoms with Gasteiger partial charge in [-0.05, 0) is 49.3 Å². The van der Waals surface area contributed by atoms with E-state index in [0.717, 1.165) is 70.1 Å². The largest absolute Gasteiger partial charge is 0.508 e. The lowest BCUT2D eigenvalue weighted by Crippen LogP contribution is -2.48. The van der Waals surface area contributed by atoms with Gasteiger partial charge >= 0.3 is 5.97 Å². The molecule has 1 aromatic carbocycles. The Morgan fingerprint density at radius 2 is 1.81 bits per heavy atom. The number of amides is 1. The van der Waals surface area contributed by atoms with E-state index in [2.05, 4.69) is 10.2 Å². The summed E-state index contributed by atoms with van der Waals surface area (Å²) in [5.41, 5.74) is 1.07. The van der Waals surface area contributed by atoms with Gasteiger partial charge in [0.05, 0.1) is 0 Å². The van der Waals surface area contributed by atoms with Gasteiger partial charge in [0.25, 0.3) is 0 Å². The van der Waals surface area contributed by atoms with Crippen LogP contribution in [0.2, 0.25) is 0 Å². The number of hydrogen-bond acceptors (Lipinski definition) is 4. The molecular formula is C21H30N2O4. The second kappa shape index (κ2) is 9.22. The zero-order valence-electron chi connectivity index (χ0n) is 15.8. The molecule has 0 aromatic heterocycles. The predicted molar refractivity (Wildman–Crippen MR) is 102 cm³/mol. The molecule has 3 rings (SSSR count). The van der Waals surface area contributed by atoms with Gasteiger partial charge in [-0.1, -0.05) is 31.4 Å². The second-order valence-corrected chi connectivity index (χ2v) is 7.94. The van der Waals surface area contributed by atoms with Crippen LogP contribution in [-0.4, -0.2) is 46.1 Å². The predicted octanol–water partition coefficient (Wildman–Crippen LogP) is 2.75. The molecule has 2 fully saturated rings. The van der Waals surface area contributed by atoms with Gasteiger partial charge in [0, 0.05) is 25.7 Å². The zero-order valence-corrected chi connectivity index (χ0v) is 15.8. The average Bonchev–Trinajstić information content (AvgIpc) is 2.64. The molecule has 3 N–H and O–H groups in total. The van der Waals surface area contributed by atoms with Crippen LogP contribution in [0.5, 0.6) is 5.75 Å². The Bertz CT molecular complexity index is 649. The molecule has 6 heteroatoms. The number of phenols is 1. The molecule has 0 bridgehead atoms. The molecule has 27 heavy (non-hydrogen) atoms. The summed E-state index contributed by atoms with van der Waals surface area (Å²) >= 11 is 0. The van der Waals surface area contributed by atoms with Gasteiger partial charge in [0.1, 0.15) is 11.7 Å². The number of carboxylic acid groups (broad SMARTS) is 1. The van der Waals surface area contributed by atoms with E-state index < -0.39 is 11.9 Å². The molecule has 1 aliphatic carbocycles. The normalized spacial score (nSPS) is 20.9. The number of hydrogen-bond donors (Lipinski definition) is 3. The Balaban J connectivity index is 1.48. The van der Waals surface area contributed by atoms with Crippen molar-refractivity contribution in [2.45, 2.75) is 57.5 Å².